The number of nitriles is 1. The maximum absolute atomic E-state index is 13.0. The van der Waals surface area contributed by atoms with Crippen molar-refractivity contribution < 1.29 is 0 Å². The van der Waals surface area contributed by atoms with Crippen LogP contribution in [-0.4, -0.2) is 10.8 Å². The fraction of sp³-hybridized carbons (Fsp3) is 0.100. The standard InChI is InChI=1S/C20H14Cl2N2OS/c1-26-19-10-18(14-5-7-15(21)8-6-14)24(20(25)17(19)11-23)12-13-3-2-4-16(22)9-13/h2-10H,12H2,1H3. The Bertz CT molecular complexity index is 1050. The first-order valence-corrected chi connectivity index (χ1v) is 9.74. The van der Waals surface area contributed by atoms with E-state index in [0.717, 1.165) is 16.8 Å². The number of benzene rings is 2. The molecule has 3 nitrogen and oxygen atoms in total. The van der Waals surface area contributed by atoms with Crippen LogP contribution >= 0.6 is 35.0 Å². The first-order chi connectivity index (χ1) is 12.5. The Morgan fingerprint density at radius 1 is 1.08 bits per heavy atom. The highest BCUT2D eigenvalue weighted by Gasteiger charge is 2.16. The molecule has 1 aromatic heterocycles. The molecule has 0 bridgehead atoms. The summed E-state index contributed by atoms with van der Waals surface area (Å²) in [5.41, 5.74) is 2.31. The van der Waals surface area contributed by atoms with Crippen molar-refractivity contribution in [2.45, 2.75) is 11.4 Å². The lowest BCUT2D eigenvalue weighted by Gasteiger charge is -2.16. The van der Waals surface area contributed by atoms with E-state index in [1.54, 1.807) is 22.8 Å². The summed E-state index contributed by atoms with van der Waals surface area (Å²) in [6, 6.07) is 18.5. The predicted octanol–water partition coefficient (Wildman–Crippen LogP) is 5.46. The topological polar surface area (TPSA) is 45.8 Å². The van der Waals surface area contributed by atoms with E-state index in [4.69, 9.17) is 23.2 Å². The van der Waals surface area contributed by atoms with Crippen molar-refractivity contribution in [2.75, 3.05) is 6.26 Å². The van der Waals surface area contributed by atoms with Gasteiger partial charge in [-0.25, -0.2) is 0 Å². The molecule has 0 atom stereocenters. The smallest absolute Gasteiger partial charge is 0.270 e. The Morgan fingerprint density at radius 3 is 2.42 bits per heavy atom. The lowest BCUT2D eigenvalue weighted by molar-refractivity contribution is 0.759. The van der Waals surface area contributed by atoms with E-state index < -0.39 is 0 Å². The molecule has 0 aliphatic heterocycles. The molecule has 0 radical (unpaired) electrons. The minimum absolute atomic E-state index is 0.150. The van der Waals surface area contributed by atoms with E-state index in [-0.39, 0.29) is 11.1 Å². The summed E-state index contributed by atoms with van der Waals surface area (Å²) in [5.74, 6) is 0. The van der Waals surface area contributed by atoms with Crippen molar-refractivity contribution in [2.24, 2.45) is 0 Å². The Labute approximate surface area is 165 Å². The molecule has 0 unspecified atom stereocenters. The summed E-state index contributed by atoms with van der Waals surface area (Å²) in [6.07, 6.45) is 1.85. The van der Waals surface area contributed by atoms with Crippen LogP contribution in [-0.2, 0) is 6.54 Å². The number of hydrogen-bond acceptors (Lipinski definition) is 3. The predicted molar refractivity (Wildman–Crippen MR) is 108 cm³/mol. The average Bonchev–Trinajstić information content (AvgIpc) is 2.64. The van der Waals surface area contributed by atoms with Gasteiger partial charge in [-0.2, -0.15) is 5.26 Å². The molecule has 3 rings (SSSR count). The highest BCUT2D eigenvalue weighted by Crippen LogP contribution is 2.27. The van der Waals surface area contributed by atoms with Crippen molar-refractivity contribution in [3.63, 3.8) is 0 Å². The molecule has 0 N–H and O–H groups in total. The van der Waals surface area contributed by atoms with Crippen molar-refractivity contribution in [3.05, 3.63) is 86.1 Å². The van der Waals surface area contributed by atoms with Gasteiger partial charge in [-0.3, -0.25) is 4.79 Å². The number of halogens is 2. The highest BCUT2D eigenvalue weighted by molar-refractivity contribution is 7.98. The normalized spacial score (nSPS) is 10.5. The Morgan fingerprint density at radius 2 is 1.81 bits per heavy atom. The van der Waals surface area contributed by atoms with Gasteiger partial charge in [0.1, 0.15) is 11.6 Å². The van der Waals surface area contributed by atoms with E-state index in [1.165, 1.54) is 11.8 Å². The molecule has 6 heteroatoms. The molecule has 0 spiro atoms. The van der Waals surface area contributed by atoms with Crippen LogP contribution in [0, 0.1) is 11.3 Å². The largest absolute Gasteiger partial charge is 0.303 e. The molecule has 0 aliphatic rings. The van der Waals surface area contributed by atoms with Gasteiger partial charge in [0, 0.05) is 14.9 Å². The van der Waals surface area contributed by atoms with E-state index in [0.29, 0.717) is 21.5 Å². The average molecular weight is 401 g/mol. The summed E-state index contributed by atoms with van der Waals surface area (Å²) in [7, 11) is 0. The minimum atomic E-state index is -0.315. The van der Waals surface area contributed by atoms with E-state index in [2.05, 4.69) is 0 Å². The van der Waals surface area contributed by atoms with Gasteiger partial charge in [0.2, 0.25) is 0 Å². The number of aromatic nitrogens is 1. The lowest BCUT2D eigenvalue weighted by Crippen LogP contribution is -2.25. The fourth-order valence-corrected chi connectivity index (χ4v) is 3.63. The zero-order valence-electron chi connectivity index (χ0n) is 13.9. The van der Waals surface area contributed by atoms with Crippen LogP contribution in [0.5, 0.6) is 0 Å². The van der Waals surface area contributed by atoms with Gasteiger partial charge in [-0.05, 0) is 47.7 Å². The number of rotatable bonds is 4. The molecule has 0 fully saturated rings. The summed E-state index contributed by atoms with van der Waals surface area (Å²) in [6.45, 7) is 0.320. The van der Waals surface area contributed by atoms with Gasteiger partial charge < -0.3 is 4.57 Å². The molecule has 0 saturated carbocycles. The molecule has 2 aromatic carbocycles. The molecule has 1 heterocycles. The van der Waals surface area contributed by atoms with Crippen molar-refractivity contribution in [1.29, 1.82) is 5.26 Å². The zero-order chi connectivity index (χ0) is 18.7. The SMILES string of the molecule is CSc1cc(-c2ccc(Cl)cc2)n(Cc2cccc(Cl)c2)c(=O)c1C#N. The van der Waals surface area contributed by atoms with E-state index >= 15 is 0 Å². The first kappa shape index (κ1) is 18.6. The van der Waals surface area contributed by atoms with E-state index in [1.807, 2.05) is 48.7 Å². The Balaban J connectivity index is 2.24. The van der Waals surface area contributed by atoms with Crippen LogP contribution in [0.2, 0.25) is 10.0 Å². The summed E-state index contributed by atoms with van der Waals surface area (Å²) in [4.78, 5) is 13.7. The number of nitrogens with zero attached hydrogens (tertiary/aromatic N) is 2. The number of pyridine rings is 1. The summed E-state index contributed by atoms with van der Waals surface area (Å²) >= 11 is 13.4. The Kier molecular flexibility index (Phi) is 5.73. The van der Waals surface area contributed by atoms with Gasteiger partial charge in [0.05, 0.1) is 12.2 Å². The fourth-order valence-electron chi connectivity index (χ4n) is 2.72. The quantitative estimate of drug-likeness (QED) is 0.545. The second-order valence-electron chi connectivity index (χ2n) is 5.61. The van der Waals surface area contributed by atoms with Gasteiger partial charge in [-0.15, -0.1) is 11.8 Å². The third-order valence-electron chi connectivity index (χ3n) is 3.97. The van der Waals surface area contributed by atoms with E-state index in [9.17, 15) is 10.1 Å². The number of thioether (sulfide) groups is 1. The molecule has 0 amide bonds. The summed E-state index contributed by atoms with van der Waals surface area (Å²) in [5, 5.41) is 10.7. The lowest BCUT2D eigenvalue weighted by atomic mass is 10.1. The Hall–Kier alpha value is -2.19. The minimum Gasteiger partial charge on any atom is -0.303 e. The van der Waals surface area contributed by atoms with Gasteiger partial charge in [-0.1, -0.05) is 47.5 Å². The summed E-state index contributed by atoms with van der Waals surface area (Å²) < 4.78 is 1.60. The van der Waals surface area contributed by atoms with Crippen molar-refractivity contribution in [3.8, 4) is 17.3 Å². The third-order valence-corrected chi connectivity index (χ3v) is 5.21. The van der Waals surface area contributed by atoms with Crippen molar-refractivity contribution >= 4 is 35.0 Å². The molecule has 130 valence electrons. The molecular weight excluding hydrogens is 387 g/mol. The van der Waals surface area contributed by atoms with Gasteiger partial charge in [0.25, 0.3) is 5.56 Å². The van der Waals surface area contributed by atoms with Crippen LogP contribution < -0.4 is 5.56 Å². The zero-order valence-corrected chi connectivity index (χ0v) is 16.2. The van der Waals surface area contributed by atoms with Crippen LogP contribution in [0.4, 0.5) is 0 Å². The van der Waals surface area contributed by atoms with Crippen LogP contribution in [0.15, 0.2) is 64.3 Å². The van der Waals surface area contributed by atoms with Gasteiger partial charge in [0.15, 0.2) is 0 Å². The molecular formula is C20H14Cl2N2OS. The first-order valence-electron chi connectivity index (χ1n) is 7.76. The van der Waals surface area contributed by atoms with Crippen LogP contribution in [0.3, 0.4) is 0 Å². The van der Waals surface area contributed by atoms with Crippen molar-refractivity contribution in [1.82, 2.24) is 4.57 Å². The van der Waals surface area contributed by atoms with Crippen LogP contribution in [0.25, 0.3) is 11.3 Å². The molecule has 0 aliphatic carbocycles. The maximum Gasteiger partial charge on any atom is 0.270 e. The maximum atomic E-state index is 13.0. The van der Waals surface area contributed by atoms with Gasteiger partial charge >= 0.3 is 0 Å². The number of hydrogen-bond donors (Lipinski definition) is 0. The highest BCUT2D eigenvalue weighted by atomic mass is 35.5. The monoisotopic (exact) mass is 400 g/mol. The second-order valence-corrected chi connectivity index (χ2v) is 7.33. The third kappa shape index (κ3) is 3.81. The second kappa shape index (κ2) is 8.01. The molecule has 3 aromatic rings. The molecule has 0 saturated heterocycles. The molecule has 26 heavy (non-hydrogen) atoms. The van der Waals surface area contributed by atoms with Crippen LogP contribution in [0.1, 0.15) is 11.1 Å².